The second-order valence-electron chi connectivity index (χ2n) is 6.93. The van der Waals surface area contributed by atoms with Crippen molar-refractivity contribution in [2.24, 2.45) is 0 Å². The fourth-order valence-corrected chi connectivity index (χ4v) is 3.78. The largest absolute Gasteiger partial charge is 0.353 e. The molecule has 1 N–H and O–H groups in total. The molecule has 2 aliphatic heterocycles. The number of fused-ring (bicyclic) bond motifs is 1. The van der Waals surface area contributed by atoms with Crippen LogP contribution in [0, 0.1) is 5.82 Å². The van der Waals surface area contributed by atoms with Crippen molar-refractivity contribution >= 4 is 17.0 Å². The van der Waals surface area contributed by atoms with Crippen molar-refractivity contribution < 1.29 is 4.39 Å². The highest BCUT2D eigenvalue weighted by atomic mass is 19.1. The minimum absolute atomic E-state index is 0.245. The molecule has 0 amide bonds. The number of likely N-dealkylation sites (tertiary alicyclic amines) is 1. The third-order valence-electron chi connectivity index (χ3n) is 5.29. The summed E-state index contributed by atoms with van der Waals surface area (Å²) in [6.45, 7) is 4.59. The Morgan fingerprint density at radius 3 is 2.48 bits per heavy atom. The molecule has 0 aliphatic carbocycles. The first kappa shape index (κ1) is 14.8. The van der Waals surface area contributed by atoms with Gasteiger partial charge in [-0.2, -0.15) is 0 Å². The van der Waals surface area contributed by atoms with Crippen molar-refractivity contribution in [1.29, 1.82) is 0 Å². The monoisotopic (exact) mass is 337 g/mol. The number of imidazole rings is 1. The third-order valence-corrected chi connectivity index (χ3v) is 5.29. The first-order valence-corrected chi connectivity index (χ1v) is 8.88. The fourth-order valence-electron chi connectivity index (χ4n) is 3.78. The number of pyridine rings is 1. The van der Waals surface area contributed by atoms with Gasteiger partial charge in [0.25, 0.3) is 0 Å². The molecule has 0 spiro atoms. The molecule has 2 aliphatic rings. The van der Waals surface area contributed by atoms with E-state index in [9.17, 15) is 4.39 Å². The molecule has 0 bridgehead atoms. The molecule has 3 aromatic rings. The Morgan fingerprint density at radius 1 is 0.960 bits per heavy atom. The van der Waals surface area contributed by atoms with E-state index in [0.29, 0.717) is 6.04 Å². The Hall–Kier alpha value is -2.47. The second-order valence-corrected chi connectivity index (χ2v) is 6.93. The maximum Gasteiger partial charge on any atom is 0.160 e. The van der Waals surface area contributed by atoms with E-state index in [1.54, 1.807) is 12.1 Å². The number of hydrogen-bond donors (Lipinski definition) is 1. The Balaban J connectivity index is 1.36. The van der Waals surface area contributed by atoms with Gasteiger partial charge in [0.05, 0.1) is 0 Å². The van der Waals surface area contributed by atoms with E-state index >= 15 is 0 Å². The van der Waals surface area contributed by atoms with Crippen LogP contribution in [0.5, 0.6) is 0 Å². The van der Waals surface area contributed by atoms with Crippen LogP contribution in [0.1, 0.15) is 12.8 Å². The summed E-state index contributed by atoms with van der Waals surface area (Å²) in [7, 11) is 0. The van der Waals surface area contributed by atoms with Gasteiger partial charge in [-0.25, -0.2) is 14.4 Å². The Labute approximate surface area is 145 Å². The van der Waals surface area contributed by atoms with Crippen molar-refractivity contribution in [3.05, 3.63) is 42.2 Å². The molecule has 5 rings (SSSR count). The van der Waals surface area contributed by atoms with E-state index in [-0.39, 0.29) is 5.82 Å². The Kier molecular flexibility index (Phi) is 3.45. The number of benzene rings is 1. The summed E-state index contributed by atoms with van der Waals surface area (Å²) in [4.78, 5) is 17.5. The average molecular weight is 337 g/mol. The summed E-state index contributed by atoms with van der Waals surface area (Å²) in [6, 6.07) is 11.1. The molecular weight excluding hydrogens is 317 g/mol. The zero-order chi connectivity index (χ0) is 16.8. The summed E-state index contributed by atoms with van der Waals surface area (Å²) in [5, 5.41) is 0. The normalized spacial score (nSPS) is 18.8. The lowest BCUT2D eigenvalue weighted by molar-refractivity contribution is 0.204. The third kappa shape index (κ3) is 2.66. The Bertz CT molecular complexity index is 892. The smallest absolute Gasteiger partial charge is 0.160 e. The van der Waals surface area contributed by atoms with Gasteiger partial charge in [0, 0.05) is 24.7 Å². The van der Waals surface area contributed by atoms with Gasteiger partial charge in [0.15, 0.2) is 5.65 Å². The highest BCUT2D eigenvalue weighted by Gasteiger charge is 2.33. The highest BCUT2D eigenvalue weighted by molar-refractivity contribution is 5.77. The zero-order valence-electron chi connectivity index (χ0n) is 14.0. The van der Waals surface area contributed by atoms with E-state index in [0.717, 1.165) is 41.5 Å². The maximum atomic E-state index is 13.1. The van der Waals surface area contributed by atoms with Crippen LogP contribution in [0.15, 0.2) is 36.4 Å². The molecule has 5 nitrogen and oxygen atoms in total. The summed E-state index contributed by atoms with van der Waals surface area (Å²) >= 11 is 0. The van der Waals surface area contributed by atoms with Gasteiger partial charge in [-0.05, 0) is 62.3 Å². The summed E-state index contributed by atoms with van der Waals surface area (Å²) in [5.41, 5.74) is 2.47. The predicted molar refractivity (Wildman–Crippen MR) is 96.1 cm³/mol. The number of aromatic nitrogens is 3. The van der Waals surface area contributed by atoms with Crippen LogP contribution in [0.3, 0.4) is 0 Å². The Morgan fingerprint density at radius 2 is 1.72 bits per heavy atom. The van der Waals surface area contributed by atoms with Crippen LogP contribution >= 0.6 is 0 Å². The molecular formula is C19H20FN5. The van der Waals surface area contributed by atoms with Gasteiger partial charge in [-0.15, -0.1) is 0 Å². The van der Waals surface area contributed by atoms with Crippen molar-refractivity contribution in [3.63, 3.8) is 0 Å². The van der Waals surface area contributed by atoms with Gasteiger partial charge in [0.1, 0.15) is 23.0 Å². The van der Waals surface area contributed by atoms with Crippen LogP contribution in [0.25, 0.3) is 22.6 Å². The molecule has 4 heterocycles. The van der Waals surface area contributed by atoms with Gasteiger partial charge in [0.2, 0.25) is 0 Å². The number of halogens is 1. The number of hydrogen-bond acceptors (Lipinski definition) is 4. The lowest BCUT2D eigenvalue weighted by Crippen LogP contribution is -2.59. The minimum atomic E-state index is -0.245. The molecule has 0 unspecified atom stereocenters. The molecule has 2 aromatic heterocycles. The van der Waals surface area contributed by atoms with Gasteiger partial charge < -0.3 is 9.88 Å². The van der Waals surface area contributed by atoms with Crippen LogP contribution in [-0.2, 0) is 0 Å². The fraction of sp³-hybridized carbons (Fsp3) is 0.368. The second kappa shape index (κ2) is 5.81. The standard InChI is InChI=1S/C19H20FN5/c20-14-5-3-13(4-6-14)18-21-16-7-8-17(22-19(16)23-18)25-11-15(12-25)24-9-1-2-10-24/h3-8,15H,1-2,9-12H2,(H,21,22,23). The molecule has 2 saturated heterocycles. The summed E-state index contributed by atoms with van der Waals surface area (Å²) < 4.78 is 13.1. The zero-order valence-corrected chi connectivity index (χ0v) is 14.0. The SMILES string of the molecule is Fc1ccc(-c2nc3ccc(N4CC(N5CCCC5)C4)nc3[nH]2)cc1. The average Bonchev–Trinajstić information content (AvgIpc) is 3.23. The first-order chi connectivity index (χ1) is 12.3. The van der Waals surface area contributed by atoms with Gasteiger partial charge in [-0.1, -0.05) is 0 Å². The number of rotatable bonds is 3. The molecule has 6 heteroatoms. The predicted octanol–water partition coefficient (Wildman–Crippen LogP) is 3.05. The quantitative estimate of drug-likeness (QED) is 0.798. The topological polar surface area (TPSA) is 48.1 Å². The number of H-pyrrole nitrogens is 1. The van der Waals surface area contributed by atoms with Crippen LogP contribution in [0.2, 0.25) is 0 Å². The summed E-state index contributed by atoms with van der Waals surface area (Å²) in [6.07, 6.45) is 2.67. The van der Waals surface area contributed by atoms with Crippen LogP contribution in [-0.4, -0.2) is 52.1 Å². The highest BCUT2D eigenvalue weighted by Crippen LogP contribution is 2.27. The van der Waals surface area contributed by atoms with E-state index in [1.165, 1.54) is 38.1 Å². The first-order valence-electron chi connectivity index (χ1n) is 8.88. The van der Waals surface area contributed by atoms with E-state index in [4.69, 9.17) is 4.98 Å². The van der Waals surface area contributed by atoms with Crippen molar-refractivity contribution in [2.45, 2.75) is 18.9 Å². The number of nitrogens with one attached hydrogen (secondary N) is 1. The summed E-state index contributed by atoms with van der Waals surface area (Å²) in [5.74, 6) is 1.47. The van der Waals surface area contributed by atoms with E-state index in [2.05, 4.69) is 19.8 Å². The van der Waals surface area contributed by atoms with Crippen LogP contribution in [0.4, 0.5) is 10.2 Å². The lowest BCUT2D eigenvalue weighted by Gasteiger charge is -2.44. The molecule has 128 valence electrons. The molecule has 25 heavy (non-hydrogen) atoms. The lowest BCUT2D eigenvalue weighted by atomic mass is 10.1. The maximum absolute atomic E-state index is 13.1. The van der Waals surface area contributed by atoms with Crippen LogP contribution < -0.4 is 4.90 Å². The molecule has 0 saturated carbocycles. The van der Waals surface area contributed by atoms with Crippen molar-refractivity contribution in [3.8, 4) is 11.4 Å². The van der Waals surface area contributed by atoms with E-state index in [1.807, 2.05) is 12.1 Å². The van der Waals surface area contributed by atoms with E-state index < -0.39 is 0 Å². The number of aromatic amines is 1. The van der Waals surface area contributed by atoms with Crippen molar-refractivity contribution in [1.82, 2.24) is 19.9 Å². The van der Waals surface area contributed by atoms with Gasteiger partial charge in [-0.3, -0.25) is 4.90 Å². The molecule has 0 atom stereocenters. The molecule has 2 fully saturated rings. The number of anilines is 1. The molecule has 0 radical (unpaired) electrons. The molecule has 1 aromatic carbocycles. The van der Waals surface area contributed by atoms with Gasteiger partial charge >= 0.3 is 0 Å². The van der Waals surface area contributed by atoms with Crippen molar-refractivity contribution in [2.75, 3.05) is 31.1 Å². The minimum Gasteiger partial charge on any atom is -0.353 e. The number of nitrogens with zero attached hydrogens (tertiary/aromatic N) is 4.